The molecular formula is C12H26N2. The van der Waals surface area contributed by atoms with Crippen LogP contribution in [-0.2, 0) is 0 Å². The Kier molecular flexibility index (Phi) is 4.90. The second kappa shape index (κ2) is 5.72. The fraction of sp³-hybridized carbons (Fsp3) is 1.00. The molecule has 1 N–H and O–H groups in total. The number of likely N-dealkylation sites (N-methyl/N-ethyl adjacent to an activating group) is 1. The Hall–Kier alpha value is -0.0800. The molecule has 0 aliphatic heterocycles. The number of nitrogens with one attached hydrogen (secondary N) is 1. The Morgan fingerprint density at radius 1 is 1.21 bits per heavy atom. The summed E-state index contributed by atoms with van der Waals surface area (Å²) in [5.41, 5.74) is 0. The van der Waals surface area contributed by atoms with E-state index in [0.29, 0.717) is 12.1 Å². The highest BCUT2D eigenvalue weighted by Gasteiger charge is 2.22. The molecule has 0 aromatic carbocycles. The summed E-state index contributed by atoms with van der Waals surface area (Å²) in [4.78, 5) is 2.56. The van der Waals surface area contributed by atoms with Crippen molar-refractivity contribution in [2.24, 2.45) is 0 Å². The molecule has 1 aliphatic carbocycles. The first-order valence-corrected chi connectivity index (χ1v) is 6.06. The van der Waals surface area contributed by atoms with Gasteiger partial charge in [0.15, 0.2) is 0 Å². The minimum absolute atomic E-state index is 0.606. The zero-order chi connectivity index (χ0) is 10.6. The molecule has 0 saturated heterocycles. The predicted molar refractivity (Wildman–Crippen MR) is 62.6 cm³/mol. The van der Waals surface area contributed by atoms with Crippen LogP contribution in [0.1, 0.15) is 46.5 Å². The molecule has 1 fully saturated rings. The van der Waals surface area contributed by atoms with E-state index in [0.717, 1.165) is 12.6 Å². The van der Waals surface area contributed by atoms with Gasteiger partial charge >= 0.3 is 0 Å². The summed E-state index contributed by atoms with van der Waals surface area (Å²) in [6.45, 7) is 7.86. The molecule has 2 nitrogen and oxygen atoms in total. The number of hydrogen-bond acceptors (Lipinski definition) is 2. The van der Waals surface area contributed by atoms with Crippen molar-refractivity contribution in [3.63, 3.8) is 0 Å². The van der Waals surface area contributed by atoms with Crippen molar-refractivity contribution in [3.8, 4) is 0 Å². The fourth-order valence-electron chi connectivity index (χ4n) is 2.22. The van der Waals surface area contributed by atoms with Gasteiger partial charge in [0.1, 0.15) is 0 Å². The molecular weight excluding hydrogens is 172 g/mol. The summed E-state index contributed by atoms with van der Waals surface area (Å²) in [5, 5.41) is 3.51. The highest BCUT2D eigenvalue weighted by Crippen LogP contribution is 2.23. The van der Waals surface area contributed by atoms with Crippen LogP contribution in [0.25, 0.3) is 0 Å². The molecule has 1 rings (SSSR count). The van der Waals surface area contributed by atoms with Crippen molar-refractivity contribution in [3.05, 3.63) is 0 Å². The monoisotopic (exact) mass is 198 g/mol. The zero-order valence-electron chi connectivity index (χ0n) is 10.2. The molecule has 14 heavy (non-hydrogen) atoms. The Morgan fingerprint density at radius 3 is 2.29 bits per heavy atom. The fourth-order valence-corrected chi connectivity index (χ4v) is 2.22. The smallest absolute Gasteiger partial charge is 0.0192 e. The second-order valence-electron chi connectivity index (χ2n) is 5.02. The van der Waals surface area contributed by atoms with Gasteiger partial charge in [-0.1, -0.05) is 26.7 Å². The third-order valence-electron chi connectivity index (χ3n) is 3.42. The average Bonchev–Trinajstić information content (AvgIpc) is 2.65. The van der Waals surface area contributed by atoms with E-state index in [1.165, 1.54) is 25.7 Å². The van der Waals surface area contributed by atoms with E-state index in [-0.39, 0.29) is 0 Å². The maximum atomic E-state index is 3.51. The van der Waals surface area contributed by atoms with E-state index in [2.05, 4.69) is 38.0 Å². The van der Waals surface area contributed by atoms with Gasteiger partial charge in [-0.05, 0) is 26.8 Å². The van der Waals surface area contributed by atoms with Gasteiger partial charge < -0.3 is 5.32 Å². The number of hydrogen-bond donors (Lipinski definition) is 1. The van der Waals surface area contributed by atoms with Gasteiger partial charge in [-0.15, -0.1) is 0 Å². The molecule has 2 heteroatoms. The normalized spacial score (nSPS) is 21.0. The summed E-state index contributed by atoms with van der Waals surface area (Å²) in [5.74, 6) is 0. The first-order chi connectivity index (χ1) is 6.61. The number of nitrogens with zero attached hydrogens (tertiary/aromatic N) is 1. The van der Waals surface area contributed by atoms with Crippen molar-refractivity contribution >= 4 is 0 Å². The summed E-state index contributed by atoms with van der Waals surface area (Å²) in [7, 11) is 2.28. The van der Waals surface area contributed by atoms with Crippen molar-refractivity contribution in [1.29, 1.82) is 0 Å². The van der Waals surface area contributed by atoms with Crippen LogP contribution < -0.4 is 5.32 Å². The Labute approximate surface area is 89.1 Å². The van der Waals surface area contributed by atoms with Crippen molar-refractivity contribution in [1.82, 2.24) is 10.2 Å². The largest absolute Gasteiger partial charge is 0.313 e. The lowest BCUT2D eigenvalue weighted by Crippen LogP contribution is -2.44. The SMILES string of the molecule is CC(C)NCC(C)N(C)C1CCCC1. The molecule has 1 saturated carbocycles. The van der Waals surface area contributed by atoms with E-state index in [1.54, 1.807) is 0 Å². The molecule has 1 aliphatic rings. The van der Waals surface area contributed by atoms with Crippen LogP contribution in [0, 0.1) is 0 Å². The molecule has 0 aromatic heterocycles. The third-order valence-corrected chi connectivity index (χ3v) is 3.42. The highest BCUT2D eigenvalue weighted by molar-refractivity contribution is 4.79. The van der Waals surface area contributed by atoms with Crippen LogP contribution in [0.3, 0.4) is 0 Å². The molecule has 84 valence electrons. The van der Waals surface area contributed by atoms with Crippen molar-refractivity contribution in [2.75, 3.05) is 13.6 Å². The van der Waals surface area contributed by atoms with Crippen LogP contribution in [0.5, 0.6) is 0 Å². The minimum Gasteiger partial charge on any atom is -0.313 e. The van der Waals surface area contributed by atoms with E-state index < -0.39 is 0 Å². The van der Waals surface area contributed by atoms with E-state index in [1.807, 2.05) is 0 Å². The van der Waals surface area contributed by atoms with Crippen LogP contribution in [-0.4, -0.2) is 36.6 Å². The Morgan fingerprint density at radius 2 is 1.79 bits per heavy atom. The van der Waals surface area contributed by atoms with Gasteiger partial charge in [0.25, 0.3) is 0 Å². The summed E-state index contributed by atoms with van der Waals surface area (Å²) >= 11 is 0. The van der Waals surface area contributed by atoms with E-state index >= 15 is 0 Å². The zero-order valence-corrected chi connectivity index (χ0v) is 10.2. The van der Waals surface area contributed by atoms with Gasteiger partial charge in [0.05, 0.1) is 0 Å². The predicted octanol–water partition coefficient (Wildman–Crippen LogP) is 2.25. The lowest BCUT2D eigenvalue weighted by Gasteiger charge is -2.31. The summed E-state index contributed by atoms with van der Waals surface area (Å²) < 4.78 is 0. The lowest BCUT2D eigenvalue weighted by atomic mass is 10.1. The molecule has 1 unspecified atom stereocenters. The lowest BCUT2D eigenvalue weighted by molar-refractivity contribution is 0.180. The molecule has 0 radical (unpaired) electrons. The van der Waals surface area contributed by atoms with E-state index in [9.17, 15) is 0 Å². The van der Waals surface area contributed by atoms with Gasteiger partial charge in [-0.3, -0.25) is 4.90 Å². The van der Waals surface area contributed by atoms with Crippen molar-refractivity contribution in [2.45, 2.75) is 64.6 Å². The van der Waals surface area contributed by atoms with Gasteiger partial charge in [-0.25, -0.2) is 0 Å². The molecule has 0 heterocycles. The molecule has 1 atom stereocenters. The molecule has 0 aromatic rings. The Bertz CT molecular complexity index is 150. The first-order valence-electron chi connectivity index (χ1n) is 6.06. The highest BCUT2D eigenvalue weighted by atomic mass is 15.2. The van der Waals surface area contributed by atoms with Gasteiger partial charge in [-0.2, -0.15) is 0 Å². The topological polar surface area (TPSA) is 15.3 Å². The van der Waals surface area contributed by atoms with Crippen LogP contribution in [0.15, 0.2) is 0 Å². The summed E-state index contributed by atoms with van der Waals surface area (Å²) in [6, 6.07) is 2.12. The first kappa shape index (κ1) is 12.0. The van der Waals surface area contributed by atoms with Crippen LogP contribution >= 0.6 is 0 Å². The quantitative estimate of drug-likeness (QED) is 0.729. The maximum absolute atomic E-state index is 3.51. The van der Waals surface area contributed by atoms with E-state index in [4.69, 9.17) is 0 Å². The molecule has 0 spiro atoms. The third kappa shape index (κ3) is 3.58. The van der Waals surface area contributed by atoms with Crippen molar-refractivity contribution < 1.29 is 0 Å². The average molecular weight is 198 g/mol. The van der Waals surface area contributed by atoms with Gasteiger partial charge in [0.2, 0.25) is 0 Å². The Balaban J connectivity index is 2.24. The molecule has 0 amide bonds. The standard InChI is InChI=1S/C12H26N2/c1-10(2)13-9-11(3)14(4)12-7-5-6-8-12/h10-13H,5-9H2,1-4H3. The second-order valence-corrected chi connectivity index (χ2v) is 5.02. The maximum Gasteiger partial charge on any atom is 0.0192 e. The summed E-state index contributed by atoms with van der Waals surface area (Å²) in [6.07, 6.45) is 5.67. The van der Waals surface area contributed by atoms with Crippen LogP contribution in [0.4, 0.5) is 0 Å². The molecule has 0 bridgehead atoms. The minimum atomic E-state index is 0.606. The van der Waals surface area contributed by atoms with Gasteiger partial charge in [0, 0.05) is 24.7 Å². The van der Waals surface area contributed by atoms with Crippen LogP contribution in [0.2, 0.25) is 0 Å². The number of rotatable bonds is 5.